The molecule has 0 aromatic heterocycles. The summed E-state index contributed by atoms with van der Waals surface area (Å²) >= 11 is 0. The van der Waals surface area contributed by atoms with Crippen molar-refractivity contribution in [3.05, 3.63) is 60.0 Å². The summed E-state index contributed by atoms with van der Waals surface area (Å²) in [6.45, 7) is 6.31. The molecule has 0 spiro atoms. The molecule has 2 rings (SSSR count). The number of likely N-dealkylation sites (tertiary alicyclic amines) is 1. The lowest BCUT2D eigenvalue weighted by Crippen LogP contribution is -2.30. The molecule has 1 nitrogen and oxygen atoms in total. The van der Waals surface area contributed by atoms with E-state index >= 15 is 0 Å². The third kappa shape index (κ3) is 3.27. The smallest absolute Gasteiger partial charge is 0.121 e. The summed E-state index contributed by atoms with van der Waals surface area (Å²) in [7, 11) is 0. The largest absolute Gasteiger partial charge is 0.298 e. The van der Waals surface area contributed by atoms with Crippen molar-refractivity contribution in [2.24, 2.45) is 0 Å². The fraction of sp³-hybridized carbons (Fsp3) is 0.333. The Balaban J connectivity index is 1.90. The summed E-state index contributed by atoms with van der Waals surface area (Å²) < 4.78 is 13.3. The van der Waals surface area contributed by atoms with Gasteiger partial charge in [-0.1, -0.05) is 36.9 Å². The monoisotopic (exact) mass is 231 g/mol. The number of hydrogen-bond acceptors (Lipinski definition) is 1. The van der Waals surface area contributed by atoms with Crippen molar-refractivity contribution in [3.63, 3.8) is 0 Å². The highest BCUT2D eigenvalue weighted by Crippen LogP contribution is 2.22. The highest BCUT2D eigenvalue weighted by Gasteiger charge is 2.16. The Labute approximate surface area is 102 Å². The second kappa shape index (κ2) is 5.78. The maximum Gasteiger partial charge on any atom is 0.121 e. The van der Waals surface area contributed by atoms with Gasteiger partial charge in [-0.15, -0.1) is 0 Å². The van der Waals surface area contributed by atoms with Gasteiger partial charge in [0, 0.05) is 19.6 Å². The van der Waals surface area contributed by atoms with Gasteiger partial charge in [-0.05, 0) is 30.1 Å². The average molecular weight is 231 g/mol. The molecule has 1 aliphatic rings. The molecular formula is C15H18FN. The van der Waals surface area contributed by atoms with Gasteiger partial charge < -0.3 is 0 Å². The zero-order valence-electron chi connectivity index (χ0n) is 10.0. The first-order valence-corrected chi connectivity index (χ1v) is 6.06. The number of rotatable bonds is 3. The lowest BCUT2D eigenvalue weighted by atomic mass is 10.0. The van der Waals surface area contributed by atoms with Gasteiger partial charge in [0.05, 0.1) is 0 Å². The molecule has 0 aliphatic carbocycles. The van der Waals surface area contributed by atoms with E-state index < -0.39 is 0 Å². The minimum atomic E-state index is -0.121. The van der Waals surface area contributed by atoms with Crippen molar-refractivity contribution >= 4 is 0 Å². The summed E-state index contributed by atoms with van der Waals surface area (Å²) in [4.78, 5) is 2.37. The van der Waals surface area contributed by atoms with Crippen LogP contribution in [0, 0.1) is 0 Å². The second-order valence-electron chi connectivity index (χ2n) is 4.42. The number of hydrogen-bond donors (Lipinski definition) is 0. The standard InChI is InChI=1S/C15H18FN/c1-2-15(16)14-8-10-17(11-9-14)12-13-6-4-3-5-7-13/h2-7H,1,8-12H2. The molecule has 2 heteroatoms. The summed E-state index contributed by atoms with van der Waals surface area (Å²) in [5, 5.41) is 0. The van der Waals surface area contributed by atoms with Crippen LogP contribution >= 0.6 is 0 Å². The molecule has 90 valence electrons. The van der Waals surface area contributed by atoms with Gasteiger partial charge in [0.2, 0.25) is 0 Å². The van der Waals surface area contributed by atoms with E-state index in [2.05, 4.69) is 35.7 Å². The van der Waals surface area contributed by atoms with Crippen molar-refractivity contribution in [2.45, 2.75) is 19.4 Å². The van der Waals surface area contributed by atoms with Crippen LogP contribution in [-0.2, 0) is 6.54 Å². The van der Waals surface area contributed by atoms with E-state index in [0.717, 1.165) is 38.0 Å². The SMILES string of the molecule is C=CC(F)=C1CCN(Cc2ccccc2)CC1. The summed E-state index contributed by atoms with van der Waals surface area (Å²) in [6.07, 6.45) is 2.97. The zero-order valence-corrected chi connectivity index (χ0v) is 10.0. The van der Waals surface area contributed by atoms with Crippen LogP contribution in [0.5, 0.6) is 0 Å². The number of allylic oxidation sites excluding steroid dienone is 2. The molecule has 0 radical (unpaired) electrons. The number of halogens is 1. The van der Waals surface area contributed by atoms with E-state index in [4.69, 9.17) is 0 Å². The highest BCUT2D eigenvalue weighted by molar-refractivity contribution is 5.20. The molecule has 17 heavy (non-hydrogen) atoms. The molecule has 1 heterocycles. The van der Waals surface area contributed by atoms with Gasteiger partial charge in [-0.3, -0.25) is 4.90 Å². The number of piperidine rings is 1. The maximum absolute atomic E-state index is 13.3. The molecule has 0 saturated carbocycles. The van der Waals surface area contributed by atoms with Crippen molar-refractivity contribution in [1.29, 1.82) is 0 Å². The molecule has 0 atom stereocenters. The maximum atomic E-state index is 13.3. The molecule has 0 bridgehead atoms. The fourth-order valence-electron chi connectivity index (χ4n) is 2.21. The first-order valence-electron chi connectivity index (χ1n) is 6.06. The summed E-state index contributed by atoms with van der Waals surface area (Å²) in [5.41, 5.74) is 2.24. The molecule has 1 aromatic rings. The molecule has 0 unspecified atom stereocenters. The van der Waals surface area contributed by atoms with Crippen molar-refractivity contribution < 1.29 is 4.39 Å². The Morgan fingerprint density at radius 2 is 1.88 bits per heavy atom. The second-order valence-corrected chi connectivity index (χ2v) is 4.42. The van der Waals surface area contributed by atoms with E-state index in [0.29, 0.717) is 0 Å². The average Bonchev–Trinajstić information content (AvgIpc) is 2.40. The molecule has 1 fully saturated rings. The van der Waals surface area contributed by atoms with Crippen LogP contribution in [0.2, 0.25) is 0 Å². The van der Waals surface area contributed by atoms with E-state index in [1.54, 1.807) is 0 Å². The van der Waals surface area contributed by atoms with Gasteiger partial charge in [0.25, 0.3) is 0 Å². The quantitative estimate of drug-likeness (QED) is 0.766. The Morgan fingerprint density at radius 3 is 2.47 bits per heavy atom. The highest BCUT2D eigenvalue weighted by atomic mass is 19.1. The summed E-state index contributed by atoms with van der Waals surface area (Å²) in [6, 6.07) is 10.4. The zero-order chi connectivity index (χ0) is 12.1. The predicted octanol–water partition coefficient (Wildman–Crippen LogP) is 3.69. The van der Waals surface area contributed by atoms with Crippen LogP contribution in [0.3, 0.4) is 0 Å². The van der Waals surface area contributed by atoms with E-state index in [1.165, 1.54) is 11.6 Å². The minimum absolute atomic E-state index is 0.121. The van der Waals surface area contributed by atoms with E-state index in [1.807, 2.05) is 6.07 Å². The third-order valence-electron chi connectivity index (χ3n) is 3.23. The lowest BCUT2D eigenvalue weighted by molar-refractivity contribution is 0.246. The van der Waals surface area contributed by atoms with Crippen LogP contribution in [0.4, 0.5) is 4.39 Å². The number of nitrogens with zero attached hydrogens (tertiary/aromatic N) is 1. The lowest BCUT2D eigenvalue weighted by Gasteiger charge is -2.28. The van der Waals surface area contributed by atoms with Gasteiger partial charge in [0.1, 0.15) is 5.83 Å². The first-order chi connectivity index (χ1) is 8.29. The topological polar surface area (TPSA) is 3.24 Å². The van der Waals surface area contributed by atoms with E-state index in [-0.39, 0.29) is 5.83 Å². The molecule has 0 amide bonds. The Morgan fingerprint density at radius 1 is 1.24 bits per heavy atom. The van der Waals surface area contributed by atoms with Crippen molar-refractivity contribution in [3.8, 4) is 0 Å². The van der Waals surface area contributed by atoms with Crippen LogP contribution in [0.15, 0.2) is 54.4 Å². The van der Waals surface area contributed by atoms with Gasteiger partial charge >= 0.3 is 0 Å². The molecular weight excluding hydrogens is 213 g/mol. The fourth-order valence-corrected chi connectivity index (χ4v) is 2.21. The van der Waals surface area contributed by atoms with Crippen LogP contribution in [0.1, 0.15) is 18.4 Å². The first kappa shape index (κ1) is 12.1. The van der Waals surface area contributed by atoms with Crippen LogP contribution < -0.4 is 0 Å². The van der Waals surface area contributed by atoms with Crippen LogP contribution in [-0.4, -0.2) is 18.0 Å². The van der Waals surface area contributed by atoms with Crippen LogP contribution in [0.25, 0.3) is 0 Å². The van der Waals surface area contributed by atoms with Gasteiger partial charge in [-0.25, -0.2) is 4.39 Å². The molecule has 1 aliphatic heterocycles. The van der Waals surface area contributed by atoms with Crippen molar-refractivity contribution in [2.75, 3.05) is 13.1 Å². The van der Waals surface area contributed by atoms with Gasteiger partial charge in [0.15, 0.2) is 0 Å². The number of benzene rings is 1. The Bertz CT molecular complexity index is 398. The van der Waals surface area contributed by atoms with Gasteiger partial charge in [-0.2, -0.15) is 0 Å². The minimum Gasteiger partial charge on any atom is -0.298 e. The normalized spacial score (nSPS) is 16.9. The van der Waals surface area contributed by atoms with E-state index in [9.17, 15) is 4.39 Å². The third-order valence-corrected chi connectivity index (χ3v) is 3.23. The Kier molecular flexibility index (Phi) is 4.10. The molecule has 1 aromatic carbocycles. The van der Waals surface area contributed by atoms with Crippen molar-refractivity contribution in [1.82, 2.24) is 4.90 Å². The predicted molar refractivity (Wildman–Crippen MR) is 69.3 cm³/mol. The molecule has 1 saturated heterocycles. The molecule has 0 N–H and O–H groups in total. The summed E-state index contributed by atoms with van der Waals surface area (Å²) in [5.74, 6) is -0.121. The Hall–Kier alpha value is -1.41.